The highest BCUT2D eigenvalue weighted by Gasteiger charge is 2.58. The Labute approximate surface area is 137 Å². The lowest BCUT2D eigenvalue weighted by atomic mass is 9.78. The highest BCUT2D eigenvalue weighted by molar-refractivity contribution is 7.86. The molecule has 3 nitrogen and oxygen atoms in total. The van der Waals surface area contributed by atoms with Gasteiger partial charge in [0.25, 0.3) is 0 Å². The van der Waals surface area contributed by atoms with Crippen molar-refractivity contribution in [2.24, 2.45) is 11.3 Å². The molecule has 2 fully saturated rings. The van der Waals surface area contributed by atoms with E-state index in [9.17, 15) is 13.0 Å². The number of hydrogen-bond donors (Lipinski definition) is 0. The Balaban J connectivity index is 1.50. The molecule has 4 heteroatoms. The molecule has 1 unspecified atom stereocenters. The molecule has 1 spiro atoms. The maximum absolute atomic E-state index is 11.1. The van der Waals surface area contributed by atoms with Crippen LogP contribution in [0.2, 0.25) is 0 Å². The quantitative estimate of drug-likeness (QED) is 0.418. The topological polar surface area (TPSA) is 57.2 Å². The average molecular weight is 330 g/mol. The molecule has 0 heterocycles. The SMILES string of the molecule is CCCCCCCCCCC1CCC2(CC1)CC2S(=O)(=O)[O-]. The summed E-state index contributed by atoms with van der Waals surface area (Å²) in [4.78, 5) is 0. The van der Waals surface area contributed by atoms with Gasteiger partial charge in [-0.15, -0.1) is 0 Å². The van der Waals surface area contributed by atoms with Crippen LogP contribution in [0, 0.1) is 11.3 Å². The average Bonchev–Trinajstić information content (AvgIpc) is 3.18. The zero-order chi connectivity index (χ0) is 16.1. The van der Waals surface area contributed by atoms with Crippen molar-refractivity contribution in [3.8, 4) is 0 Å². The van der Waals surface area contributed by atoms with Gasteiger partial charge in [-0.05, 0) is 43.4 Å². The lowest BCUT2D eigenvalue weighted by Gasteiger charge is -2.30. The molecule has 22 heavy (non-hydrogen) atoms. The van der Waals surface area contributed by atoms with Gasteiger partial charge in [-0.3, -0.25) is 0 Å². The fourth-order valence-corrected chi connectivity index (χ4v) is 5.74. The molecule has 0 aromatic heterocycles. The molecular weight excluding hydrogens is 296 g/mol. The second-order valence-electron chi connectivity index (χ2n) is 7.75. The summed E-state index contributed by atoms with van der Waals surface area (Å²) in [6.45, 7) is 2.25. The van der Waals surface area contributed by atoms with Crippen molar-refractivity contribution in [3.05, 3.63) is 0 Å². The number of hydrogen-bond acceptors (Lipinski definition) is 3. The Hall–Kier alpha value is -0.0900. The zero-order valence-electron chi connectivity index (χ0n) is 14.2. The van der Waals surface area contributed by atoms with Gasteiger partial charge in [0.15, 0.2) is 0 Å². The van der Waals surface area contributed by atoms with Gasteiger partial charge in [0.05, 0.1) is 15.4 Å². The van der Waals surface area contributed by atoms with Crippen molar-refractivity contribution in [2.75, 3.05) is 0 Å². The van der Waals surface area contributed by atoms with Crippen LogP contribution < -0.4 is 0 Å². The van der Waals surface area contributed by atoms with Crippen LogP contribution in [0.1, 0.15) is 96.8 Å². The Kier molecular flexibility index (Phi) is 6.75. The summed E-state index contributed by atoms with van der Waals surface area (Å²) in [6, 6.07) is 0. The molecule has 2 rings (SSSR count). The second-order valence-corrected chi connectivity index (χ2v) is 9.31. The van der Waals surface area contributed by atoms with E-state index in [0.29, 0.717) is 6.42 Å². The van der Waals surface area contributed by atoms with Crippen LogP contribution in [-0.2, 0) is 10.1 Å². The van der Waals surface area contributed by atoms with Crippen LogP contribution in [0.25, 0.3) is 0 Å². The molecule has 2 aliphatic carbocycles. The molecule has 0 amide bonds. The van der Waals surface area contributed by atoms with Crippen molar-refractivity contribution in [2.45, 2.75) is 102 Å². The normalized spacial score (nSPS) is 31.5. The van der Waals surface area contributed by atoms with Crippen molar-refractivity contribution in [1.82, 2.24) is 0 Å². The van der Waals surface area contributed by atoms with Crippen molar-refractivity contribution in [3.63, 3.8) is 0 Å². The van der Waals surface area contributed by atoms with Gasteiger partial charge in [0.1, 0.15) is 0 Å². The van der Waals surface area contributed by atoms with E-state index in [4.69, 9.17) is 0 Å². The minimum atomic E-state index is -4.04. The van der Waals surface area contributed by atoms with Gasteiger partial charge in [0, 0.05) is 0 Å². The molecule has 0 bridgehead atoms. The molecule has 0 radical (unpaired) electrons. The second kappa shape index (κ2) is 8.14. The summed E-state index contributed by atoms with van der Waals surface area (Å²) in [5.74, 6) is 0.779. The van der Waals surface area contributed by atoms with E-state index in [1.54, 1.807) is 0 Å². The van der Waals surface area contributed by atoms with E-state index in [2.05, 4.69) is 6.92 Å². The summed E-state index contributed by atoms with van der Waals surface area (Å²) < 4.78 is 33.4. The van der Waals surface area contributed by atoms with Crippen LogP contribution in [0.5, 0.6) is 0 Å². The van der Waals surface area contributed by atoms with Crippen molar-refractivity contribution < 1.29 is 13.0 Å². The van der Waals surface area contributed by atoms with E-state index in [1.165, 1.54) is 57.8 Å². The molecular formula is C18H33O3S-. The van der Waals surface area contributed by atoms with Gasteiger partial charge in [-0.1, -0.05) is 64.7 Å². The molecule has 0 aliphatic heterocycles. The molecule has 0 saturated heterocycles. The molecule has 0 aromatic carbocycles. The van der Waals surface area contributed by atoms with Gasteiger partial charge in [0.2, 0.25) is 0 Å². The third-order valence-electron chi connectivity index (χ3n) is 6.03. The van der Waals surface area contributed by atoms with Crippen LogP contribution >= 0.6 is 0 Å². The Morgan fingerprint density at radius 3 is 2.00 bits per heavy atom. The summed E-state index contributed by atoms with van der Waals surface area (Å²) in [7, 11) is -4.04. The molecule has 2 saturated carbocycles. The minimum absolute atomic E-state index is 0.101. The monoisotopic (exact) mass is 329 g/mol. The van der Waals surface area contributed by atoms with E-state index in [1.807, 2.05) is 0 Å². The Morgan fingerprint density at radius 1 is 0.955 bits per heavy atom. The predicted octanol–water partition coefficient (Wildman–Crippen LogP) is 5.01. The van der Waals surface area contributed by atoms with Gasteiger partial charge >= 0.3 is 0 Å². The lowest BCUT2D eigenvalue weighted by molar-refractivity contribution is 0.241. The first-order valence-corrected chi connectivity index (χ1v) is 10.9. The van der Waals surface area contributed by atoms with Gasteiger partial charge in [-0.25, -0.2) is 8.42 Å². The van der Waals surface area contributed by atoms with Crippen molar-refractivity contribution >= 4 is 10.1 Å². The van der Waals surface area contributed by atoms with Crippen molar-refractivity contribution in [1.29, 1.82) is 0 Å². The standard InChI is InChI=1S/C18H34O3S/c1-2-3-4-5-6-7-8-9-10-16-11-13-18(14-12-16)15-17(18)22(19,20)21/h16-17H,2-15H2,1H3,(H,19,20,21)/p-1. The Bertz CT molecular complexity index is 422. The summed E-state index contributed by atoms with van der Waals surface area (Å²) in [5, 5.41) is -0.552. The van der Waals surface area contributed by atoms with Crippen LogP contribution in [0.4, 0.5) is 0 Å². The highest BCUT2D eigenvalue weighted by Crippen LogP contribution is 2.60. The molecule has 0 aromatic rings. The minimum Gasteiger partial charge on any atom is -0.748 e. The third kappa shape index (κ3) is 5.23. The first-order chi connectivity index (χ1) is 10.5. The lowest BCUT2D eigenvalue weighted by Crippen LogP contribution is -2.22. The highest BCUT2D eigenvalue weighted by atomic mass is 32.2. The van der Waals surface area contributed by atoms with E-state index < -0.39 is 15.4 Å². The van der Waals surface area contributed by atoms with E-state index >= 15 is 0 Å². The first-order valence-electron chi connectivity index (χ1n) is 9.43. The van der Waals surface area contributed by atoms with Crippen LogP contribution in [-0.4, -0.2) is 18.2 Å². The van der Waals surface area contributed by atoms with Crippen LogP contribution in [0.15, 0.2) is 0 Å². The number of rotatable bonds is 10. The van der Waals surface area contributed by atoms with Gasteiger partial charge in [-0.2, -0.15) is 0 Å². The molecule has 0 N–H and O–H groups in total. The molecule has 2 aliphatic rings. The number of unbranched alkanes of at least 4 members (excludes halogenated alkanes) is 7. The fourth-order valence-electron chi connectivity index (χ4n) is 4.35. The molecule has 130 valence electrons. The fraction of sp³-hybridized carbons (Fsp3) is 1.00. The summed E-state index contributed by atoms with van der Waals surface area (Å²) in [6.07, 6.45) is 17.1. The van der Waals surface area contributed by atoms with Gasteiger partial charge < -0.3 is 4.55 Å². The zero-order valence-corrected chi connectivity index (χ0v) is 15.0. The van der Waals surface area contributed by atoms with E-state index in [-0.39, 0.29) is 5.41 Å². The third-order valence-corrected chi connectivity index (χ3v) is 7.39. The maximum Gasteiger partial charge on any atom is 0.0981 e. The smallest absolute Gasteiger partial charge is 0.0981 e. The first kappa shape index (κ1) is 18.3. The van der Waals surface area contributed by atoms with E-state index in [0.717, 1.165) is 31.6 Å². The largest absolute Gasteiger partial charge is 0.748 e. The predicted molar refractivity (Wildman–Crippen MR) is 89.7 cm³/mol. The van der Waals surface area contributed by atoms with Crippen LogP contribution in [0.3, 0.4) is 0 Å². The summed E-state index contributed by atoms with van der Waals surface area (Å²) >= 11 is 0. The Morgan fingerprint density at radius 2 is 1.50 bits per heavy atom. The summed E-state index contributed by atoms with van der Waals surface area (Å²) in [5.41, 5.74) is -0.101. The molecule has 1 atom stereocenters. The maximum atomic E-state index is 11.1.